The number of fused-ring (bicyclic) bond motifs is 1. The first-order valence-corrected chi connectivity index (χ1v) is 6.22. The molecule has 3 fully saturated rings. The van der Waals surface area contributed by atoms with E-state index in [0.29, 0.717) is 6.61 Å². The van der Waals surface area contributed by atoms with Gasteiger partial charge in [-0.15, -0.1) is 0 Å². The van der Waals surface area contributed by atoms with Gasteiger partial charge >= 0.3 is 0 Å². The van der Waals surface area contributed by atoms with Gasteiger partial charge in [0.15, 0.2) is 0 Å². The Kier molecular flexibility index (Phi) is 2.10. The molecule has 14 heavy (non-hydrogen) atoms. The zero-order valence-electron chi connectivity index (χ0n) is 8.84. The number of aliphatic hydroxyl groups is 1. The van der Waals surface area contributed by atoms with Crippen molar-refractivity contribution in [1.29, 1.82) is 0 Å². The monoisotopic (exact) mass is 195 g/mol. The molecule has 0 amide bonds. The van der Waals surface area contributed by atoms with E-state index >= 15 is 0 Å². The molecule has 0 bridgehead atoms. The molecule has 3 rings (SSSR count). The van der Waals surface area contributed by atoms with Crippen LogP contribution in [0, 0.1) is 11.8 Å². The molecule has 3 atom stereocenters. The van der Waals surface area contributed by atoms with E-state index in [9.17, 15) is 5.11 Å². The molecule has 0 radical (unpaired) electrons. The fourth-order valence-electron chi connectivity index (χ4n) is 3.43. The molecule has 3 saturated carbocycles. The summed E-state index contributed by atoms with van der Waals surface area (Å²) in [5, 5.41) is 13.2. The largest absolute Gasteiger partial charge is 0.394 e. The Bertz CT molecular complexity index is 219. The molecule has 2 N–H and O–H groups in total. The molecule has 0 aliphatic heterocycles. The summed E-state index contributed by atoms with van der Waals surface area (Å²) in [6, 6.07) is 0.737. The van der Waals surface area contributed by atoms with E-state index in [1.165, 1.54) is 44.9 Å². The van der Waals surface area contributed by atoms with Gasteiger partial charge in [-0.1, -0.05) is 12.8 Å². The highest BCUT2D eigenvalue weighted by Crippen LogP contribution is 2.50. The SMILES string of the molecule is OCC1(NC2CCC[C@H]3C[C@@H]23)CCC1. The number of nitrogens with one attached hydrogen (secondary N) is 1. The summed E-state index contributed by atoms with van der Waals surface area (Å²) in [5.74, 6) is 2.00. The smallest absolute Gasteiger partial charge is 0.0613 e. The van der Waals surface area contributed by atoms with Crippen LogP contribution in [0.25, 0.3) is 0 Å². The van der Waals surface area contributed by atoms with Gasteiger partial charge < -0.3 is 10.4 Å². The third-order valence-electron chi connectivity index (χ3n) is 4.69. The summed E-state index contributed by atoms with van der Waals surface area (Å²) in [6.45, 7) is 0.348. The van der Waals surface area contributed by atoms with Gasteiger partial charge in [-0.2, -0.15) is 0 Å². The van der Waals surface area contributed by atoms with Gasteiger partial charge in [0.2, 0.25) is 0 Å². The van der Waals surface area contributed by atoms with E-state index < -0.39 is 0 Å². The maximum atomic E-state index is 9.40. The first kappa shape index (κ1) is 9.17. The standard InChI is InChI=1S/C12H21NO/c14-8-12(5-2-6-12)13-11-4-1-3-9-7-10(9)11/h9-11,13-14H,1-8H2/t9-,10+,11?/m0/s1. The average molecular weight is 195 g/mol. The minimum Gasteiger partial charge on any atom is -0.394 e. The second-order valence-corrected chi connectivity index (χ2v) is 5.63. The normalized spacial score (nSPS) is 43.9. The van der Waals surface area contributed by atoms with Gasteiger partial charge in [-0.25, -0.2) is 0 Å². The lowest BCUT2D eigenvalue weighted by atomic mass is 9.76. The van der Waals surface area contributed by atoms with E-state index in [2.05, 4.69) is 5.32 Å². The number of aliphatic hydroxyl groups excluding tert-OH is 1. The predicted octanol–water partition coefficient (Wildman–Crippen LogP) is 1.68. The van der Waals surface area contributed by atoms with Crippen LogP contribution in [0.4, 0.5) is 0 Å². The summed E-state index contributed by atoms with van der Waals surface area (Å²) >= 11 is 0. The quantitative estimate of drug-likeness (QED) is 0.718. The summed E-state index contributed by atoms with van der Waals surface area (Å²) in [5.41, 5.74) is 0.134. The third kappa shape index (κ3) is 1.40. The van der Waals surface area contributed by atoms with Crippen molar-refractivity contribution in [3.05, 3.63) is 0 Å². The minimum absolute atomic E-state index is 0.134. The van der Waals surface area contributed by atoms with E-state index in [1.807, 2.05) is 0 Å². The summed E-state index contributed by atoms with van der Waals surface area (Å²) in [6.07, 6.45) is 9.36. The van der Waals surface area contributed by atoms with Crippen molar-refractivity contribution >= 4 is 0 Å². The van der Waals surface area contributed by atoms with Crippen molar-refractivity contribution in [3.63, 3.8) is 0 Å². The molecule has 2 heteroatoms. The first-order valence-electron chi connectivity index (χ1n) is 6.22. The van der Waals surface area contributed by atoms with Crippen LogP contribution in [-0.2, 0) is 0 Å². The van der Waals surface area contributed by atoms with Crippen LogP contribution < -0.4 is 5.32 Å². The average Bonchev–Trinajstić information content (AvgIpc) is 2.90. The Labute approximate surface area is 86.1 Å². The maximum Gasteiger partial charge on any atom is 0.0613 e. The Hall–Kier alpha value is -0.0800. The lowest BCUT2D eigenvalue weighted by molar-refractivity contribution is 0.0680. The van der Waals surface area contributed by atoms with Gasteiger partial charge in [0.05, 0.1) is 6.61 Å². The van der Waals surface area contributed by atoms with E-state index in [1.54, 1.807) is 0 Å². The van der Waals surface area contributed by atoms with Gasteiger partial charge in [-0.05, 0) is 43.9 Å². The molecule has 3 aliphatic carbocycles. The first-order chi connectivity index (χ1) is 6.83. The minimum atomic E-state index is 0.134. The van der Waals surface area contributed by atoms with E-state index in [4.69, 9.17) is 0 Å². The lowest BCUT2D eigenvalue weighted by Crippen LogP contribution is -2.58. The zero-order valence-corrected chi connectivity index (χ0v) is 8.84. The van der Waals surface area contributed by atoms with Crippen molar-refractivity contribution in [1.82, 2.24) is 5.32 Å². The Morgan fingerprint density at radius 2 is 2.07 bits per heavy atom. The van der Waals surface area contributed by atoms with Crippen LogP contribution in [-0.4, -0.2) is 23.3 Å². The molecular weight excluding hydrogens is 174 g/mol. The second kappa shape index (κ2) is 3.21. The summed E-state index contributed by atoms with van der Waals surface area (Å²) in [7, 11) is 0. The van der Waals surface area contributed by atoms with Gasteiger partial charge in [0.25, 0.3) is 0 Å². The lowest BCUT2D eigenvalue weighted by Gasteiger charge is -2.44. The highest BCUT2D eigenvalue weighted by atomic mass is 16.3. The summed E-state index contributed by atoms with van der Waals surface area (Å²) < 4.78 is 0. The fraction of sp³-hybridized carbons (Fsp3) is 1.00. The van der Waals surface area contributed by atoms with Gasteiger partial charge in [0, 0.05) is 11.6 Å². The van der Waals surface area contributed by atoms with Crippen LogP contribution in [0.1, 0.15) is 44.9 Å². The molecule has 0 heterocycles. The molecule has 0 aromatic heterocycles. The number of hydrogen-bond acceptors (Lipinski definition) is 2. The third-order valence-corrected chi connectivity index (χ3v) is 4.69. The highest BCUT2D eigenvalue weighted by molar-refractivity contribution is 5.04. The molecule has 1 unspecified atom stereocenters. The summed E-state index contributed by atoms with van der Waals surface area (Å²) in [4.78, 5) is 0. The van der Waals surface area contributed by atoms with Gasteiger partial charge in [0.1, 0.15) is 0 Å². The van der Waals surface area contributed by atoms with Crippen LogP contribution >= 0.6 is 0 Å². The van der Waals surface area contributed by atoms with Gasteiger partial charge in [-0.3, -0.25) is 0 Å². The zero-order chi connectivity index (χ0) is 9.60. The van der Waals surface area contributed by atoms with E-state index in [0.717, 1.165) is 17.9 Å². The molecular formula is C12H21NO. The Balaban J connectivity index is 1.60. The molecule has 0 aromatic carbocycles. The number of rotatable bonds is 3. The van der Waals surface area contributed by atoms with Crippen molar-refractivity contribution in [2.24, 2.45) is 11.8 Å². The molecule has 80 valence electrons. The Morgan fingerprint density at radius 1 is 1.21 bits per heavy atom. The predicted molar refractivity (Wildman–Crippen MR) is 56.0 cm³/mol. The fourth-order valence-corrected chi connectivity index (χ4v) is 3.43. The molecule has 0 saturated heterocycles. The molecule has 0 spiro atoms. The van der Waals surface area contributed by atoms with Crippen molar-refractivity contribution in [2.45, 2.75) is 56.5 Å². The van der Waals surface area contributed by atoms with Crippen molar-refractivity contribution < 1.29 is 5.11 Å². The highest BCUT2D eigenvalue weighted by Gasteiger charge is 2.48. The topological polar surface area (TPSA) is 32.3 Å². The van der Waals surface area contributed by atoms with Crippen molar-refractivity contribution in [3.8, 4) is 0 Å². The van der Waals surface area contributed by atoms with Crippen LogP contribution in [0.5, 0.6) is 0 Å². The number of hydrogen-bond donors (Lipinski definition) is 2. The molecule has 3 aliphatic rings. The van der Waals surface area contributed by atoms with E-state index in [-0.39, 0.29) is 5.54 Å². The van der Waals surface area contributed by atoms with Crippen LogP contribution in [0.15, 0.2) is 0 Å². The van der Waals surface area contributed by atoms with Crippen LogP contribution in [0.3, 0.4) is 0 Å². The molecule has 0 aromatic rings. The Morgan fingerprint density at radius 3 is 2.71 bits per heavy atom. The van der Waals surface area contributed by atoms with Crippen LogP contribution in [0.2, 0.25) is 0 Å². The van der Waals surface area contributed by atoms with Crippen molar-refractivity contribution in [2.75, 3.05) is 6.61 Å². The second-order valence-electron chi connectivity index (χ2n) is 5.63. The maximum absolute atomic E-state index is 9.40. The molecule has 2 nitrogen and oxygen atoms in total.